The molecule has 0 saturated heterocycles. The molecule has 0 unspecified atom stereocenters. The Morgan fingerprint density at radius 1 is 0.625 bits per heavy atom. The molecule has 3 aromatic rings. The van der Waals surface area contributed by atoms with Gasteiger partial charge in [-0.1, -0.05) is 107 Å². The van der Waals surface area contributed by atoms with E-state index in [1.54, 1.807) is 6.07 Å². The van der Waals surface area contributed by atoms with Crippen LogP contribution in [0.25, 0.3) is 0 Å². The standard InChI is InChI=1S/C20H24N2.C14H21ClO2.Ni/c1-13-9-7-10-14(2)19(13)21-17(5)18(6)22-20-15(3)11-8-12-16(20)4;1-13(2,3)8-7-9(14(4,5)6)11(16)12(17)10(8)15;/h7-12H,1-6H3;7,16-17H,1-6H3;/q;;+2/p-2. The first-order chi connectivity index (χ1) is 17.9. The maximum Gasteiger partial charge on any atom is 2.00 e. The van der Waals surface area contributed by atoms with Gasteiger partial charge in [-0.3, -0.25) is 9.98 Å². The fraction of sp³-hybridized carbons (Fsp3) is 0.412. The average molecular weight is 606 g/mol. The minimum atomic E-state index is -0.580. The van der Waals surface area contributed by atoms with Crippen molar-refractivity contribution in [2.24, 2.45) is 9.98 Å². The molecule has 0 aliphatic carbocycles. The summed E-state index contributed by atoms with van der Waals surface area (Å²) < 4.78 is 0. The van der Waals surface area contributed by atoms with Gasteiger partial charge in [0.25, 0.3) is 0 Å². The molecule has 0 radical (unpaired) electrons. The van der Waals surface area contributed by atoms with Crippen LogP contribution in [0.5, 0.6) is 11.5 Å². The second-order valence-corrected chi connectivity index (χ2v) is 12.7. The zero-order valence-electron chi connectivity index (χ0n) is 25.9. The summed E-state index contributed by atoms with van der Waals surface area (Å²) in [6.07, 6.45) is 0. The van der Waals surface area contributed by atoms with E-state index in [4.69, 9.17) is 21.6 Å². The molecule has 0 spiro atoms. The third kappa shape index (κ3) is 8.69. The summed E-state index contributed by atoms with van der Waals surface area (Å²) in [7, 11) is 0. The molecule has 40 heavy (non-hydrogen) atoms. The monoisotopic (exact) mass is 604 g/mol. The number of hydrogen-bond donors (Lipinski definition) is 0. The zero-order chi connectivity index (χ0) is 29.9. The second-order valence-electron chi connectivity index (χ2n) is 12.3. The summed E-state index contributed by atoms with van der Waals surface area (Å²) >= 11 is 5.99. The Hall–Kier alpha value is -2.62. The van der Waals surface area contributed by atoms with Gasteiger partial charge >= 0.3 is 16.5 Å². The topological polar surface area (TPSA) is 70.8 Å². The largest absolute Gasteiger partial charge is 2.00 e. The molecule has 0 N–H and O–H groups in total. The van der Waals surface area contributed by atoms with Gasteiger partial charge in [0.05, 0.1) is 22.8 Å². The first kappa shape index (κ1) is 35.4. The predicted octanol–water partition coefficient (Wildman–Crippen LogP) is 8.88. The molecular weight excluding hydrogens is 563 g/mol. The van der Waals surface area contributed by atoms with Crippen molar-refractivity contribution in [3.63, 3.8) is 0 Å². The van der Waals surface area contributed by atoms with E-state index in [0.717, 1.165) is 28.4 Å². The van der Waals surface area contributed by atoms with Crippen LogP contribution in [0.3, 0.4) is 0 Å². The van der Waals surface area contributed by atoms with Crippen molar-refractivity contribution in [1.82, 2.24) is 0 Å². The molecule has 0 heterocycles. The fourth-order valence-corrected chi connectivity index (χ4v) is 4.61. The van der Waals surface area contributed by atoms with Gasteiger partial charge in [0.1, 0.15) is 0 Å². The minimum Gasteiger partial charge on any atom is -0.873 e. The number of hydrogen-bond acceptors (Lipinski definition) is 4. The normalized spacial score (nSPS) is 12.4. The Morgan fingerprint density at radius 2 is 0.950 bits per heavy atom. The van der Waals surface area contributed by atoms with E-state index >= 15 is 0 Å². The molecule has 0 amide bonds. The number of halogens is 1. The van der Waals surface area contributed by atoms with Crippen LogP contribution >= 0.6 is 11.6 Å². The Balaban J connectivity index is 0.000000403. The number of aliphatic imine (C=N–C) groups is 2. The molecule has 6 heteroatoms. The van der Waals surface area contributed by atoms with Crippen molar-refractivity contribution in [1.29, 1.82) is 0 Å². The van der Waals surface area contributed by atoms with Crippen LogP contribution in [0.1, 0.15) is 88.8 Å². The van der Waals surface area contributed by atoms with Crippen molar-refractivity contribution in [3.05, 3.63) is 80.9 Å². The quantitative estimate of drug-likeness (QED) is 0.221. The Kier molecular flexibility index (Phi) is 12.2. The van der Waals surface area contributed by atoms with Gasteiger partial charge in [-0.25, -0.2) is 0 Å². The second kappa shape index (κ2) is 13.8. The first-order valence-electron chi connectivity index (χ1n) is 13.3. The number of nitrogens with zero attached hydrogens (tertiary/aromatic N) is 2. The van der Waals surface area contributed by atoms with Gasteiger partial charge in [-0.05, 0) is 80.2 Å². The minimum absolute atomic E-state index is 0. The van der Waals surface area contributed by atoms with Gasteiger partial charge in [0.15, 0.2) is 0 Å². The van der Waals surface area contributed by atoms with E-state index in [9.17, 15) is 10.2 Å². The third-order valence-electron chi connectivity index (χ3n) is 6.75. The molecule has 0 aromatic heterocycles. The van der Waals surface area contributed by atoms with Crippen molar-refractivity contribution in [2.75, 3.05) is 0 Å². The predicted molar refractivity (Wildman–Crippen MR) is 165 cm³/mol. The average Bonchev–Trinajstić information content (AvgIpc) is 2.81. The molecule has 0 fully saturated rings. The fourth-order valence-electron chi connectivity index (χ4n) is 4.18. The smallest absolute Gasteiger partial charge is 0.873 e. The summed E-state index contributed by atoms with van der Waals surface area (Å²) in [5.41, 5.74) is 9.49. The molecule has 218 valence electrons. The summed E-state index contributed by atoms with van der Waals surface area (Å²) in [6, 6.07) is 14.3. The maximum absolute atomic E-state index is 11.9. The summed E-state index contributed by atoms with van der Waals surface area (Å²) in [5.74, 6) is -1.06. The number of aryl methyl sites for hydroxylation is 4. The van der Waals surface area contributed by atoms with E-state index in [1.165, 1.54) is 22.3 Å². The van der Waals surface area contributed by atoms with Gasteiger partial charge in [0, 0.05) is 5.02 Å². The number of benzene rings is 3. The van der Waals surface area contributed by atoms with Gasteiger partial charge in [-0.15, -0.1) is 5.75 Å². The number of rotatable bonds is 3. The van der Waals surface area contributed by atoms with Gasteiger partial charge in [-0.2, -0.15) is 0 Å². The molecule has 3 rings (SSSR count). The van der Waals surface area contributed by atoms with E-state index in [-0.39, 0.29) is 32.3 Å². The summed E-state index contributed by atoms with van der Waals surface area (Å²) in [5, 5.41) is 23.8. The van der Waals surface area contributed by atoms with Gasteiger partial charge < -0.3 is 10.2 Å². The first-order valence-corrected chi connectivity index (χ1v) is 13.7. The molecule has 0 atom stereocenters. The van der Waals surface area contributed by atoms with Crippen LogP contribution < -0.4 is 10.2 Å². The molecule has 0 bridgehead atoms. The Bertz CT molecular complexity index is 1270. The van der Waals surface area contributed by atoms with Crippen molar-refractivity contribution < 1.29 is 26.7 Å². The van der Waals surface area contributed by atoms with Crippen molar-refractivity contribution in [2.45, 2.75) is 93.9 Å². The SMILES string of the molecule is CC(=Nc1c(C)cccc1C)C(C)=Nc1c(C)cccc1C.CC(C)(C)c1cc(C(C)(C)C)c(Cl)c([O-])c1[O-].[Ni+2]. The zero-order valence-corrected chi connectivity index (χ0v) is 27.7. The van der Waals surface area contributed by atoms with Gasteiger partial charge in [0.2, 0.25) is 0 Å². The van der Waals surface area contributed by atoms with E-state index in [2.05, 4.69) is 64.1 Å². The van der Waals surface area contributed by atoms with E-state index in [0.29, 0.717) is 5.56 Å². The molecule has 3 aromatic carbocycles. The third-order valence-corrected chi connectivity index (χ3v) is 7.13. The number of para-hydroxylation sites is 2. The molecule has 0 aliphatic heterocycles. The maximum atomic E-state index is 11.9. The van der Waals surface area contributed by atoms with Crippen LogP contribution in [-0.2, 0) is 27.3 Å². The van der Waals surface area contributed by atoms with Crippen molar-refractivity contribution >= 4 is 34.4 Å². The summed E-state index contributed by atoms with van der Waals surface area (Å²) in [6.45, 7) is 24.1. The van der Waals surface area contributed by atoms with Crippen LogP contribution in [0.2, 0.25) is 5.02 Å². The Morgan fingerprint density at radius 3 is 1.25 bits per heavy atom. The van der Waals surface area contributed by atoms with Crippen LogP contribution in [0.15, 0.2) is 52.4 Å². The molecule has 0 aliphatic rings. The van der Waals surface area contributed by atoms with Crippen LogP contribution in [0, 0.1) is 27.7 Å². The van der Waals surface area contributed by atoms with E-state index in [1.807, 2.05) is 55.4 Å². The Labute approximate surface area is 256 Å². The molecule has 4 nitrogen and oxygen atoms in total. The molecular formula is C34H43ClN2NiO2. The van der Waals surface area contributed by atoms with Crippen LogP contribution in [-0.4, -0.2) is 11.4 Å². The van der Waals surface area contributed by atoms with Crippen molar-refractivity contribution in [3.8, 4) is 11.5 Å². The summed E-state index contributed by atoms with van der Waals surface area (Å²) in [4.78, 5) is 9.60. The van der Waals surface area contributed by atoms with E-state index < -0.39 is 11.5 Å². The van der Waals surface area contributed by atoms with Crippen LogP contribution in [0.4, 0.5) is 11.4 Å². The molecule has 0 saturated carbocycles.